The Morgan fingerprint density at radius 2 is 1.81 bits per heavy atom. The molecule has 0 saturated heterocycles. The lowest BCUT2D eigenvalue weighted by molar-refractivity contribution is -0.118. The first kappa shape index (κ1) is 20.2. The Balaban J connectivity index is 1.48. The van der Waals surface area contributed by atoms with Crippen LogP contribution < -0.4 is 10.6 Å². The van der Waals surface area contributed by atoms with Crippen LogP contribution in [0.1, 0.15) is 11.1 Å². The van der Waals surface area contributed by atoms with Gasteiger partial charge >= 0.3 is 6.09 Å². The van der Waals surface area contributed by atoms with Crippen molar-refractivity contribution in [2.45, 2.75) is 19.1 Å². The second-order valence-corrected chi connectivity index (χ2v) is 7.05. The zero-order valence-electron chi connectivity index (χ0n) is 16.7. The first-order valence-corrected chi connectivity index (χ1v) is 9.92. The molecule has 0 saturated carbocycles. The Kier molecular flexibility index (Phi) is 6.23. The summed E-state index contributed by atoms with van der Waals surface area (Å²) in [5.41, 5.74) is 3.31. The second kappa shape index (κ2) is 9.58. The Labute approximate surface area is 179 Å². The molecule has 0 aliphatic rings. The highest BCUT2D eigenvalue weighted by Crippen LogP contribution is 2.19. The minimum absolute atomic E-state index is 0.122. The van der Waals surface area contributed by atoms with Crippen molar-refractivity contribution < 1.29 is 14.3 Å². The third kappa shape index (κ3) is 5.27. The maximum atomic E-state index is 13.0. The molecule has 3 N–H and O–H groups in total. The highest BCUT2D eigenvalue weighted by Gasteiger charge is 2.23. The van der Waals surface area contributed by atoms with E-state index in [2.05, 4.69) is 20.6 Å². The van der Waals surface area contributed by atoms with Crippen molar-refractivity contribution in [3.63, 3.8) is 0 Å². The lowest BCUT2D eigenvalue weighted by atomic mass is 10.0. The summed E-state index contributed by atoms with van der Waals surface area (Å²) in [5.74, 6) is -0.352. The summed E-state index contributed by atoms with van der Waals surface area (Å²) < 4.78 is 5.32. The van der Waals surface area contributed by atoms with Crippen LogP contribution in [-0.2, 0) is 22.6 Å². The number of hydrogen-bond acceptors (Lipinski definition) is 4. The molecule has 2 heterocycles. The molecule has 0 bridgehead atoms. The van der Waals surface area contributed by atoms with Crippen molar-refractivity contribution in [1.82, 2.24) is 15.3 Å². The van der Waals surface area contributed by atoms with Crippen LogP contribution in [0.15, 0.2) is 85.3 Å². The average molecular weight is 414 g/mol. The molecular weight excluding hydrogens is 392 g/mol. The van der Waals surface area contributed by atoms with Gasteiger partial charge in [-0.05, 0) is 29.3 Å². The van der Waals surface area contributed by atoms with E-state index in [0.29, 0.717) is 12.1 Å². The third-order valence-electron chi connectivity index (χ3n) is 4.85. The molecule has 7 heteroatoms. The number of nitrogens with one attached hydrogen (secondary N) is 3. The van der Waals surface area contributed by atoms with Gasteiger partial charge in [0.05, 0.1) is 11.9 Å². The van der Waals surface area contributed by atoms with E-state index in [1.165, 1.54) is 0 Å². The van der Waals surface area contributed by atoms with Crippen molar-refractivity contribution in [3.8, 4) is 0 Å². The molecule has 0 radical (unpaired) electrons. The maximum Gasteiger partial charge on any atom is 0.408 e. The van der Waals surface area contributed by atoms with E-state index < -0.39 is 12.1 Å². The number of rotatable bonds is 7. The SMILES string of the molecule is O=C(NC(Cc1c[nH]c2ccccc12)C(=O)Nc1cccnc1)OCc1ccccc1. The molecule has 1 unspecified atom stereocenters. The molecule has 156 valence electrons. The first-order chi connectivity index (χ1) is 15.2. The van der Waals surface area contributed by atoms with E-state index in [1.54, 1.807) is 24.5 Å². The zero-order chi connectivity index (χ0) is 21.5. The normalized spacial score (nSPS) is 11.6. The molecule has 2 amide bonds. The minimum Gasteiger partial charge on any atom is -0.445 e. The number of alkyl carbamates (subject to hydrolysis) is 1. The second-order valence-electron chi connectivity index (χ2n) is 7.05. The highest BCUT2D eigenvalue weighted by atomic mass is 16.5. The smallest absolute Gasteiger partial charge is 0.408 e. The first-order valence-electron chi connectivity index (χ1n) is 9.92. The van der Waals surface area contributed by atoms with Crippen molar-refractivity contribution in [2.75, 3.05) is 5.32 Å². The van der Waals surface area contributed by atoms with E-state index in [4.69, 9.17) is 4.74 Å². The zero-order valence-corrected chi connectivity index (χ0v) is 16.7. The summed E-state index contributed by atoms with van der Waals surface area (Å²) in [7, 11) is 0. The Morgan fingerprint density at radius 1 is 1.00 bits per heavy atom. The molecule has 0 aliphatic carbocycles. The number of aromatic nitrogens is 2. The van der Waals surface area contributed by atoms with Crippen LogP contribution in [0.5, 0.6) is 0 Å². The fraction of sp³-hybridized carbons (Fsp3) is 0.125. The number of pyridine rings is 1. The van der Waals surface area contributed by atoms with Gasteiger partial charge in [0.25, 0.3) is 0 Å². The summed E-state index contributed by atoms with van der Waals surface area (Å²) in [6.45, 7) is 0.122. The van der Waals surface area contributed by atoms with Gasteiger partial charge in [0.2, 0.25) is 5.91 Å². The summed E-state index contributed by atoms with van der Waals surface area (Å²) >= 11 is 0. The van der Waals surface area contributed by atoms with Crippen molar-refractivity contribution in [3.05, 3.63) is 96.4 Å². The number of anilines is 1. The van der Waals surface area contributed by atoms with Crippen molar-refractivity contribution >= 4 is 28.6 Å². The lowest BCUT2D eigenvalue weighted by Crippen LogP contribution is -2.45. The minimum atomic E-state index is -0.831. The number of aromatic amines is 1. The van der Waals surface area contributed by atoms with E-state index in [1.807, 2.05) is 60.8 Å². The van der Waals surface area contributed by atoms with E-state index in [0.717, 1.165) is 22.0 Å². The number of H-pyrrole nitrogens is 1. The van der Waals surface area contributed by atoms with E-state index in [-0.39, 0.29) is 12.5 Å². The fourth-order valence-corrected chi connectivity index (χ4v) is 3.30. The Hall–Kier alpha value is -4.13. The van der Waals surface area contributed by atoms with Gasteiger partial charge in [0.1, 0.15) is 12.6 Å². The average Bonchev–Trinajstić information content (AvgIpc) is 3.21. The molecule has 0 aliphatic heterocycles. The van der Waals surface area contributed by atoms with E-state index >= 15 is 0 Å². The Morgan fingerprint density at radius 3 is 2.61 bits per heavy atom. The van der Waals surface area contributed by atoms with Gasteiger partial charge in [-0.1, -0.05) is 48.5 Å². The molecule has 0 fully saturated rings. The number of carbonyl (C=O) groups excluding carboxylic acids is 2. The van der Waals surface area contributed by atoms with E-state index in [9.17, 15) is 9.59 Å². The molecule has 4 aromatic rings. The summed E-state index contributed by atoms with van der Waals surface area (Å²) in [5, 5.41) is 6.50. The standard InChI is InChI=1S/C24H22N4O3/c29-23(27-19-9-6-12-25-15-19)22(13-18-14-26-21-11-5-4-10-20(18)21)28-24(30)31-16-17-7-2-1-3-8-17/h1-12,14-15,22,26H,13,16H2,(H,27,29)(H,28,30). The number of carbonyl (C=O) groups is 2. The predicted octanol–water partition coefficient (Wildman–Crippen LogP) is 4.04. The predicted molar refractivity (Wildman–Crippen MR) is 118 cm³/mol. The highest BCUT2D eigenvalue weighted by molar-refractivity contribution is 5.97. The molecule has 1 atom stereocenters. The quantitative estimate of drug-likeness (QED) is 0.425. The molecule has 2 aromatic heterocycles. The van der Waals surface area contributed by atoms with Crippen LogP contribution in [0.4, 0.5) is 10.5 Å². The monoisotopic (exact) mass is 414 g/mol. The Bertz CT molecular complexity index is 1160. The molecular formula is C24H22N4O3. The number of hydrogen-bond donors (Lipinski definition) is 3. The number of benzene rings is 2. The fourth-order valence-electron chi connectivity index (χ4n) is 3.30. The number of fused-ring (bicyclic) bond motifs is 1. The van der Waals surface area contributed by atoms with Gasteiger partial charge in [-0.3, -0.25) is 9.78 Å². The van der Waals surface area contributed by atoms with Crippen molar-refractivity contribution in [1.29, 1.82) is 0 Å². The number of amides is 2. The number of para-hydroxylation sites is 1. The number of nitrogens with zero attached hydrogens (tertiary/aromatic N) is 1. The summed E-state index contributed by atoms with van der Waals surface area (Å²) in [4.78, 5) is 32.6. The third-order valence-corrected chi connectivity index (χ3v) is 4.85. The van der Waals surface area contributed by atoms with Gasteiger partial charge in [-0.25, -0.2) is 4.79 Å². The molecule has 2 aromatic carbocycles. The van der Waals surface area contributed by atoms with Crippen LogP contribution in [0.2, 0.25) is 0 Å². The molecule has 4 rings (SSSR count). The van der Waals surface area contributed by atoms with Gasteiger partial charge < -0.3 is 20.4 Å². The lowest BCUT2D eigenvalue weighted by Gasteiger charge is -2.18. The van der Waals surface area contributed by atoms with Gasteiger partial charge in [-0.15, -0.1) is 0 Å². The van der Waals surface area contributed by atoms with Crippen LogP contribution in [0.25, 0.3) is 10.9 Å². The van der Waals surface area contributed by atoms with Crippen molar-refractivity contribution in [2.24, 2.45) is 0 Å². The van der Waals surface area contributed by atoms with Crippen LogP contribution in [0, 0.1) is 0 Å². The molecule has 7 nitrogen and oxygen atoms in total. The maximum absolute atomic E-state index is 13.0. The summed E-state index contributed by atoms with van der Waals surface area (Å²) in [6.07, 6.45) is 4.67. The van der Waals surface area contributed by atoms with Gasteiger partial charge in [0.15, 0.2) is 0 Å². The molecule has 31 heavy (non-hydrogen) atoms. The van der Waals surface area contributed by atoms with Gasteiger partial charge in [0, 0.05) is 29.7 Å². The molecule has 0 spiro atoms. The number of ether oxygens (including phenoxy) is 1. The van der Waals surface area contributed by atoms with Crippen LogP contribution >= 0.6 is 0 Å². The van der Waals surface area contributed by atoms with Crippen LogP contribution in [0.3, 0.4) is 0 Å². The largest absolute Gasteiger partial charge is 0.445 e. The summed E-state index contributed by atoms with van der Waals surface area (Å²) in [6, 6.07) is 19.8. The van der Waals surface area contributed by atoms with Gasteiger partial charge in [-0.2, -0.15) is 0 Å². The topological polar surface area (TPSA) is 96.1 Å². The van der Waals surface area contributed by atoms with Crippen LogP contribution in [-0.4, -0.2) is 28.0 Å².